The van der Waals surface area contributed by atoms with Crippen LogP contribution in [0.25, 0.3) is 0 Å². The predicted molar refractivity (Wildman–Crippen MR) is 95.1 cm³/mol. The van der Waals surface area contributed by atoms with Crippen LogP contribution in [-0.4, -0.2) is 29.1 Å². The molecule has 25 heavy (non-hydrogen) atoms. The molecule has 132 valence electrons. The highest BCUT2D eigenvalue weighted by Gasteiger charge is 2.27. The average Bonchev–Trinajstić information content (AvgIpc) is 2.61. The molecule has 0 saturated carbocycles. The smallest absolute Gasteiger partial charge is 0.253 e. The number of halogens is 1. The first-order valence-corrected chi connectivity index (χ1v) is 8.29. The molecule has 0 fully saturated rings. The maximum absolute atomic E-state index is 12.3. The van der Waals surface area contributed by atoms with Gasteiger partial charge < -0.3 is 10.4 Å². The molecule has 0 aliphatic heterocycles. The monoisotopic (exact) mass is 361 g/mol. The van der Waals surface area contributed by atoms with E-state index in [1.54, 1.807) is 45.0 Å². The summed E-state index contributed by atoms with van der Waals surface area (Å²) in [6, 6.07) is 6.32. The number of benzene rings is 1. The zero-order valence-corrected chi connectivity index (χ0v) is 15.1. The summed E-state index contributed by atoms with van der Waals surface area (Å²) in [4.78, 5) is 36.5. The Hall–Kier alpha value is -2.24. The maximum Gasteiger partial charge on any atom is 0.253 e. The van der Waals surface area contributed by atoms with Crippen LogP contribution in [0.15, 0.2) is 46.6 Å². The van der Waals surface area contributed by atoms with Gasteiger partial charge in [0.25, 0.3) is 5.91 Å². The minimum Gasteiger partial charge on any atom is -0.378 e. The Kier molecular flexibility index (Phi) is 5.93. The van der Waals surface area contributed by atoms with Gasteiger partial charge in [-0.1, -0.05) is 23.7 Å². The van der Waals surface area contributed by atoms with Crippen molar-refractivity contribution in [3.63, 3.8) is 0 Å². The highest BCUT2D eigenvalue weighted by atomic mass is 35.5. The Balaban J connectivity index is 1.98. The molecular weight excluding hydrogens is 342 g/mol. The summed E-state index contributed by atoms with van der Waals surface area (Å²) < 4.78 is 0. The molecule has 1 amide bonds. The van der Waals surface area contributed by atoms with Crippen LogP contribution in [-0.2, 0) is 14.4 Å². The van der Waals surface area contributed by atoms with Crippen LogP contribution >= 0.6 is 11.6 Å². The second kappa shape index (κ2) is 7.76. The molecule has 1 aliphatic carbocycles. The van der Waals surface area contributed by atoms with E-state index in [9.17, 15) is 19.5 Å². The highest BCUT2D eigenvalue weighted by Crippen LogP contribution is 2.26. The molecule has 1 aromatic carbocycles. The molecule has 5 nitrogen and oxygen atoms in total. The Labute approximate surface area is 151 Å². The summed E-state index contributed by atoms with van der Waals surface area (Å²) >= 11 is 5.78. The third-order valence-corrected chi connectivity index (χ3v) is 4.67. The number of allylic oxidation sites excluding steroid dienone is 3. The number of ketones is 2. The Morgan fingerprint density at radius 3 is 2.20 bits per heavy atom. The van der Waals surface area contributed by atoms with Crippen LogP contribution in [0.2, 0.25) is 5.02 Å². The minimum absolute atomic E-state index is 0.139. The van der Waals surface area contributed by atoms with Gasteiger partial charge in [0.05, 0.1) is 0 Å². The van der Waals surface area contributed by atoms with Gasteiger partial charge in [-0.2, -0.15) is 0 Å². The van der Waals surface area contributed by atoms with Gasteiger partial charge in [0.2, 0.25) is 0 Å². The molecule has 2 rings (SSSR count). The molecule has 6 heteroatoms. The molecule has 1 aliphatic rings. The summed E-state index contributed by atoms with van der Waals surface area (Å²) in [5, 5.41) is 13.1. The summed E-state index contributed by atoms with van der Waals surface area (Å²) in [5.74, 6) is -0.875. The van der Waals surface area contributed by atoms with E-state index in [1.165, 1.54) is 0 Å². The summed E-state index contributed by atoms with van der Waals surface area (Å²) in [6.07, 6.45) is -1.08. The van der Waals surface area contributed by atoms with Gasteiger partial charge >= 0.3 is 0 Å². The van der Waals surface area contributed by atoms with E-state index in [4.69, 9.17) is 11.6 Å². The molecule has 1 unspecified atom stereocenters. The van der Waals surface area contributed by atoms with E-state index in [-0.39, 0.29) is 24.5 Å². The number of aliphatic hydroxyl groups is 1. The average molecular weight is 362 g/mol. The van der Waals surface area contributed by atoms with Gasteiger partial charge in [0, 0.05) is 33.9 Å². The molecule has 0 aromatic heterocycles. The van der Waals surface area contributed by atoms with Crippen LogP contribution in [0.3, 0.4) is 0 Å². The van der Waals surface area contributed by atoms with Crippen molar-refractivity contribution in [1.82, 2.24) is 5.32 Å². The lowest BCUT2D eigenvalue weighted by Gasteiger charge is -2.19. The lowest BCUT2D eigenvalue weighted by molar-refractivity contribution is -0.129. The molecule has 0 radical (unpaired) electrons. The van der Waals surface area contributed by atoms with Crippen molar-refractivity contribution >= 4 is 29.1 Å². The van der Waals surface area contributed by atoms with Crippen LogP contribution in [0.4, 0.5) is 0 Å². The zero-order chi connectivity index (χ0) is 18.7. The highest BCUT2D eigenvalue weighted by molar-refractivity contribution is 6.30. The van der Waals surface area contributed by atoms with Crippen molar-refractivity contribution in [2.75, 3.05) is 6.54 Å². The number of carbonyl (C=O) groups is 3. The molecule has 1 aromatic rings. The first-order chi connectivity index (χ1) is 11.7. The lowest BCUT2D eigenvalue weighted by Crippen LogP contribution is -2.31. The Morgan fingerprint density at radius 1 is 1.04 bits per heavy atom. The Bertz CT molecular complexity index is 790. The predicted octanol–water partition coefficient (Wildman–Crippen LogP) is 2.68. The van der Waals surface area contributed by atoms with Gasteiger partial charge in [-0.05, 0) is 44.9 Å². The van der Waals surface area contributed by atoms with Gasteiger partial charge in [-0.3, -0.25) is 14.4 Å². The normalized spacial score (nSPS) is 16.4. The van der Waals surface area contributed by atoms with Crippen molar-refractivity contribution in [2.45, 2.75) is 33.3 Å². The summed E-state index contributed by atoms with van der Waals surface area (Å²) in [7, 11) is 0. The first kappa shape index (κ1) is 19.1. The molecular formula is C19H20ClNO4. The number of nitrogens with one attached hydrogen (secondary N) is 1. The number of aliphatic hydroxyl groups excluding tert-OH is 1. The molecule has 0 heterocycles. The van der Waals surface area contributed by atoms with Gasteiger partial charge in [-0.25, -0.2) is 0 Å². The third kappa shape index (κ3) is 4.06. The van der Waals surface area contributed by atoms with Crippen molar-refractivity contribution in [2.24, 2.45) is 0 Å². The van der Waals surface area contributed by atoms with E-state index < -0.39 is 12.0 Å². The SMILES string of the molecule is CC1=C(C)C(=O)C(CCNC(=O)C(O)c2ccc(Cl)cc2)=C(C)C1=O. The van der Waals surface area contributed by atoms with E-state index in [1.807, 2.05) is 0 Å². The molecule has 0 spiro atoms. The fourth-order valence-electron chi connectivity index (χ4n) is 2.66. The number of hydrogen-bond donors (Lipinski definition) is 2. The van der Waals surface area contributed by atoms with Gasteiger partial charge in [0.1, 0.15) is 0 Å². The summed E-state index contributed by atoms with van der Waals surface area (Å²) in [5.41, 5.74) is 2.16. The van der Waals surface area contributed by atoms with Gasteiger partial charge in [-0.15, -0.1) is 0 Å². The van der Waals surface area contributed by atoms with E-state index >= 15 is 0 Å². The van der Waals surface area contributed by atoms with Crippen molar-refractivity contribution in [3.05, 3.63) is 57.1 Å². The first-order valence-electron chi connectivity index (χ1n) is 7.92. The molecule has 0 bridgehead atoms. The quantitative estimate of drug-likeness (QED) is 0.790. The number of amides is 1. The third-order valence-electron chi connectivity index (χ3n) is 4.42. The van der Waals surface area contributed by atoms with Crippen molar-refractivity contribution in [1.29, 1.82) is 0 Å². The van der Waals surface area contributed by atoms with E-state index in [2.05, 4.69) is 5.32 Å². The van der Waals surface area contributed by atoms with Crippen LogP contribution in [0.1, 0.15) is 38.9 Å². The van der Waals surface area contributed by atoms with Crippen molar-refractivity contribution < 1.29 is 19.5 Å². The van der Waals surface area contributed by atoms with Crippen molar-refractivity contribution in [3.8, 4) is 0 Å². The van der Waals surface area contributed by atoms with Crippen LogP contribution < -0.4 is 5.32 Å². The second-order valence-electron chi connectivity index (χ2n) is 6.01. The number of carbonyl (C=O) groups excluding carboxylic acids is 3. The minimum atomic E-state index is -1.32. The lowest BCUT2D eigenvalue weighted by atomic mass is 9.84. The van der Waals surface area contributed by atoms with Crippen LogP contribution in [0, 0.1) is 0 Å². The zero-order valence-electron chi connectivity index (χ0n) is 14.4. The van der Waals surface area contributed by atoms with Gasteiger partial charge in [0.15, 0.2) is 17.7 Å². The maximum atomic E-state index is 12.3. The van der Waals surface area contributed by atoms with Crippen LogP contribution in [0.5, 0.6) is 0 Å². The van der Waals surface area contributed by atoms with E-state index in [0.29, 0.717) is 32.9 Å². The number of hydrogen-bond acceptors (Lipinski definition) is 4. The fourth-order valence-corrected chi connectivity index (χ4v) is 2.79. The molecule has 2 N–H and O–H groups in total. The number of rotatable bonds is 5. The second-order valence-corrected chi connectivity index (χ2v) is 6.44. The fraction of sp³-hybridized carbons (Fsp3) is 0.316. The summed E-state index contributed by atoms with van der Waals surface area (Å²) in [6.45, 7) is 5.04. The topological polar surface area (TPSA) is 83.5 Å². The molecule has 0 saturated heterocycles. The standard InChI is InChI=1S/C19H20ClNO4/c1-10-11(2)17(23)15(12(3)16(10)22)8-9-21-19(25)18(24)13-4-6-14(20)7-5-13/h4-7,18,24H,8-9H2,1-3H3,(H,21,25). The van der Waals surface area contributed by atoms with E-state index in [0.717, 1.165) is 0 Å². The largest absolute Gasteiger partial charge is 0.378 e. The Morgan fingerprint density at radius 2 is 1.60 bits per heavy atom. The number of Topliss-reactive ketones (excluding diaryl/α,β-unsaturated/α-hetero) is 2. The molecule has 1 atom stereocenters.